The van der Waals surface area contributed by atoms with Crippen LogP contribution in [0.4, 0.5) is 0 Å². The van der Waals surface area contributed by atoms with Gasteiger partial charge >= 0.3 is 11.9 Å². The third-order valence-corrected chi connectivity index (χ3v) is 14.4. The van der Waals surface area contributed by atoms with Crippen molar-refractivity contribution < 1.29 is 24.2 Å². The second kappa shape index (κ2) is 10.5. The molecule has 0 saturated heterocycles. The van der Waals surface area contributed by atoms with Crippen LogP contribution < -0.4 is 0 Å². The summed E-state index contributed by atoms with van der Waals surface area (Å²) in [6, 6.07) is 0. The number of carboxylic acid groups (broad SMARTS) is 1. The van der Waals surface area contributed by atoms with Crippen molar-refractivity contribution in [3.8, 4) is 0 Å². The molecule has 3 unspecified atom stereocenters. The van der Waals surface area contributed by atoms with E-state index in [2.05, 4.69) is 54.5 Å². The van der Waals surface area contributed by atoms with Crippen LogP contribution in [-0.2, 0) is 19.1 Å². The molecule has 5 rings (SSSR count). The van der Waals surface area contributed by atoms with Crippen LogP contribution in [0.1, 0.15) is 145 Å². The molecule has 8 atom stereocenters. The van der Waals surface area contributed by atoms with E-state index in [9.17, 15) is 19.5 Å². The number of fused-ring (bicyclic) bond motifs is 7. The van der Waals surface area contributed by atoms with Gasteiger partial charge in [0.1, 0.15) is 11.9 Å². The molecule has 5 heteroatoms. The van der Waals surface area contributed by atoms with Gasteiger partial charge in [-0.05, 0) is 110 Å². The van der Waals surface area contributed by atoms with E-state index in [0.29, 0.717) is 18.3 Å². The van der Waals surface area contributed by atoms with Crippen molar-refractivity contribution in [2.45, 2.75) is 151 Å². The molecular weight excluding hydrogens is 524 g/mol. The lowest BCUT2D eigenvalue weighted by molar-refractivity contribution is -0.212. The summed E-state index contributed by atoms with van der Waals surface area (Å²) < 4.78 is 6.14. The van der Waals surface area contributed by atoms with Crippen molar-refractivity contribution in [3.63, 3.8) is 0 Å². The predicted molar refractivity (Wildman–Crippen MR) is 166 cm³/mol. The van der Waals surface area contributed by atoms with Crippen LogP contribution in [0.25, 0.3) is 0 Å². The maximum atomic E-state index is 13.9. The molecule has 0 radical (unpaired) electrons. The van der Waals surface area contributed by atoms with E-state index in [0.717, 1.165) is 64.2 Å². The second-order valence-electron chi connectivity index (χ2n) is 17.3. The Balaban J connectivity index is 1.49. The summed E-state index contributed by atoms with van der Waals surface area (Å²) in [4.78, 5) is 37.9. The number of rotatable bonds is 7. The van der Waals surface area contributed by atoms with E-state index in [4.69, 9.17) is 4.74 Å². The van der Waals surface area contributed by atoms with E-state index < -0.39 is 11.4 Å². The first kappa shape index (κ1) is 31.8. The highest BCUT2D eigenvalue weighted by molar-refractivity contribution is 5.88. The molecule has 5 aliphatic carbocycles. The predicted octanol–water partition coefficient (Wildman–Crippen LogP) is 8.93. The van der Waals surface area contributed by atoms with Gasteiger partial charge in [0.25, 0.3) is 0 Å². The SMILES string of the molecule is CCCC(=O)O[C@@H]1CC[C@@]2(C)C(CC[C@]3(C)C2CC=C2C4CC(C)(C)CC[C@]4(C(=O)CCC(=O)O)CC[C@]23C)C1(C)C. The summed E-state index contributed by atoms with van der Waals surface area (Å²) in [6.07, 6.45) is 14.3. The standard InChI is InChI=1S/C37H58O5/c1-9-10-31(41)42-29-16-17-34(6)26(33(29,4)5)15-18-36(8)27(34)12-11-24-25-23-32(2,3)19-21-37(25,22-20-35(24,36)7)28(38)13-14-30(39)40/h11,25-27,29H,9-10,12-23H2,1-8H3,(H,39,40)/t25?,26?,27?,29-,34+,35-,36-,37+/m1/s1. The number of carbonyl (C=O) groups is 3. The lowest BCUT2D eigenvalue weighted by Gasteiger charge is -2.71. The minimum atomic E-state index is -0.872. The average molecular weight is 583 g/mol. The molecule has 5 aliphatic rings. The summed E-state index contributed by atoms with van der Waals surface area (Å²) in [5.41, 5.74) is 1.60. The lowest BCUT2D eigenvalue weighted by atomic mass is 9.33. The van der Waals surface area contributed by atoms with E-state index in [1.165, 1.54) is 12.0 Å². The van der Waals surface area contributed by atoms with E-state index in [1.807, 2.05) is 6.92 Å². The number of hydrogen-bond acceptors (Lipinski definition) is 4. The van der Waals surface area contributed by atoms with Gasteiger partial charge in [0.2, 0.25) is 0 Å². The molecule has 4 saturated carbocycles. The number of carbonyl (C=O) groups excluding carboxylic acids is 2. The van der Waals surface area contributed by atoms with Crippen molar-refractivity contribution in [3.05, 3.63) is 11.6 Å². The van der Waals surface area contributed by atoms with Crippen molar-refractivity contribution in [2.75, 3.05) is 0 Å². The molecule has 4 fully saturated rings. The Labute approximate surface area is 255 Å². The molecule has 0 spiro atoms. The zero-order valence-corrected chi connectivity index (χ0v) is 27.9. The average Bonchev–Trinajstić information content (AvgIpc) is 2.89. The fraction of sp³-hybridized carbons (Fsp3) is 0.865. The van der Waals surface area contributed by atoms with Crippen LogP contribution >= 0.6 is 0 Å². The minimum Gasteiger partial charge on any atom is -0.481 e. The molecule has 0 aromatic heterocycles. The topological polar surface area (TPSA) is 80.7 Å². The van der Waals surface area contributed by atoms with Crippen LogP contribution in [-0.4, -0.2) is 28.9 Å². The quantitative estimate of drug-likeness (QED) is 0.239. The Kier molecular flexibility index (Phi) is 7.92. The molecule has 0 amide bonds. The number of allylic oxidation sites excluding steroid dienone is 2. The molecule has 0 aromatic carbocycles. The highest BCUT2D eigenvalue weighted by atomic mass is 16.5. The van der Waals surface area contributed by atoms with Crippen LogP contribution in [0.5, 0.6) is 0 Å². The minimum absolute atomic E-state index is 0.0131. The molecule has 1 N–H and O–H groups in total. The first-order valence-electron chi connectivity index (χ1n) is 17.1. The Hall–Kier alpha value is -1.65. The summed E-state index contributed by atoms with van der Waals surface area (Å²) in [6.45, 7) is 19.1. The van der Waals surface area contributed by atoms with Crippen molar-refractivity contribution in [1.29, 1.82) is 0 Å². The van der Waals surface area contributed by atoms with Gasteiger partial charge in [-0.15, -0.1) is 0 Å². The Morgan fingerprint density at radius 1 is 0.857 bits per heavy atom. The Bertz CT molecular complexity index is 1150. The van der Waals surface area contributed by atoms with Crippen LogP contribution in [0.2, 0.25) is 0 Å². The summed E-state index contributed by atoms with van der Waals surface area (Å²) in [7, 11) is 0. The highest BCUT2D eigenvalue weighted by Gasteiger charge is 2.69. The number of aliphatic carboxylic acids is 1. The zero-order chi connectivity index (χ0) is 30.9. The van der Waals surface area contributed by atoms with Gasteiger partial charge in [0.05, 0.1) is 6.42 Å². The van der Waals surface area contributed by atoms with E-state index in [-0.39, 0.29) is 63.7 Å². The summed E-state index contributed by atoms with van der Waals surface area (Å²) in [5.74, 6) is 0.558. The van der Waals surface area contributed by atoms with Crippen LogP contribution in [0.15, 0.2) is 11.6 Å². The largest absolute Gasteiger partial charge is 0.481 e. The second-order valence-corrected chi connectivity index (χ2v) is 17.3. The number of ketones is 1. The van der Waals surface area contributed by atoms with E-state index in [1.54, 1.807) is 0 Å². The molecule has 0 aromatic rings. The summed E-state index contributed by atoms with van der Waals surface area (Å²) >= 11 is 0. The normalized spacial score (nSPS) is 43.5. The maximum Gasteiger partial charge on any atom is 0.306 e. The smallest absolute Gasteiger partial charge is 0.306 e. The van der Waals surface area contributed by atoms with Gasteiger partial charge in [-0.1, -0.05) is 67.0 Å². The van der Waals surface area contributed by atoms with Gasteiger partial charge in [-0.3, -0.25) is 14.4 Å². The lowest BCUT2D eigenvalue weighted by Crippen LogP contribution is -2.65. The Morgan fingerprint density at radius 3 is 2.21 bits per heavy atom. The van der Waals surface area contributed by atoms with Crippen LogP contribution in [0, 0.1) is 50.2 Å². The Morgan fingerprint density at radius 2 is 1.55 bits per heavy atom. The molecule has 0 bridgehead atoms. The number of hydrogen-bond donors (Lipinski definition) is 1. The van der Waals surface area contributed by atoms with Gasteiger partial charge in [-0.2, -0.15) is 0 Å². The maximum absolute atomic E-state index is 13.9. The van der Waals surface area contributed by atoms with Crippen molar-refractivity contribution >= 4 is 17.7 Å². The molecule has 0 heterocycles. The van der Waals surface area contributed by atoms with Crippen LogP contribution in [0.3, 0.4) is 0 Å². The fourth-order valence-electron chi connectivity index (χ4n) is 11.8. The third kappa shape index (κ3) is 4.64. The van der Waals surface area contributed by atoms with Gasteiger partial charge in [0.15, 0.2) is 0 Å². The first-order valence-corrected chi connectivity index (χ1v) is 17.1. The van der Waals surface area contributed by atoms with Crippen molar-refractivity contribution in [1.82, 2.24) is 0 Å². The number of carboxylic acids is 1. The number of ether oxygens (including phenoxy) is 1. The molecule has 0 aliphatic heterocycles. The van der Waals surface area contributed by atoms with E-state index >= 15 is 0 Å². The van der Waals surface area contributed by atoms with Gasteiger partial charge in [-0.25, -0.2) is 0 Å². The zero-order valence-electron chi connectivity index (χ0n) is 27.9. The number of esters is 1. The van der Waals surface area contributed by atoms with Crippen molar-refractivity contribution in [2.24, 2.45) is 50.2 Å². The molecule has 42 heavy (non-hydrogen) atoms. The number of Topliss-reactive ketones (excluding diaryl/α,β-unsaturated/α-hetero) is 1. The molecule has 5 nitrogen and oxygen atoms in total. The molecule has 236 valence electrons. The van der Waals surface area contributed by atoms with Gasteiger partial charge < -0.3 is 9.84 Å². The molecular formula is C37H58O5. The monoisotopic (exact) mass is 582 g/mol. The fourth-order valence-corrected chi connectivity index (χ4v) is 11.8. The first-order chi connectivity index (χ1) is 19.5. The highest BCUT2D eigenvalue weighted by Crippen LogP contribution is 2.76. The third-order valence-electron chi connectivity index (χ3n) is 14.4. The van der Waals surface area contributed by atoms with Gasteiger partial charge in [0, 0.05) is 23.7 Å². The summed E-state index contributed by atoms with van der Waals surface area (Å²) in [5, 5.41) is 9.38.